The Morgan fingerprint density at radius 1 is 1.07 bits per heavy atom. The van der Waals surface area contributed by atoms with Crippen molar-refractivity contribution in [2.24, 2.45) is 0 Å². The standard InChI is InChI=1S/C21H18ClN5O3/c22-15-6-8-19(27(29)30)17(13-15)21(28)23-16-5-3-4-14(12-16)18-7-9-20(25-24-18)26-10-1-2-11-26/h3-9,12-13H,1-2,10-11H2,(H,23,28). The smallest absolute Gasteiger partial charge is 0.282 e. The van der Waals surface area contributed by atoms with Crippen LogP contribution in [0, 0.1) is 10.1 Å². The van der Waals surface area contributed by atoms with E-state index in [1.807, 2.05) is 18.2 Å². The molecule has 8 nitrogen and oxygen atoms in total. The molecule has 1 N–H and O–H groups in total. The van der Waals surface area contributed by atoms with Crippen molar-refractivity contribution in [1.82, 2.24) is 10.2 Å². The number of hydrogen-bond acceptors (Lipinski definition) is 6. The number of aromatic nitrogens is 2. The Kier molecular flexibility index (Phi) is 5.58. The zero-order chi connectivity index (χ0) is 21.1. The summed E-state index contributed by atoms with van der Waals surface area (Å²) in [4.78, 5) is 25.4. The molecular weight excluding hydrogens is 406 g/mol. The van der Waals surface area contributed by atoms with Gasteiger partial charge < -0.3 is 10.2 Å². The maximum Gasteiger partial charge on any atom is 0.282 e. The number of hydrogen-bond donors (Lipinski definition) is 1. The van der Waals surface area contributed by atoms with Crippen molar-refractivity contribution in [3.63, 3.8) is 0 Å². The summed E-state index contributed by atoms with van der Waals surface area (Å²) >= 11 is 5.91. The van der Waals surface area contributed by atoms with Gasteiger partial charge in [-0.2, -0.15) is 0 Å². The van der Waals surface area contributed by atoms with Crippen LogP contribution in [0.3, 0.4) is 0 Å². The fourth-order valence-corrected chi connectivity index (χ4v) is 3.57. The molecule has 30 heavy (non-hydrogen) atoms. The summed E-state index contributed by atoms with van der Waals surface area (Å²) in [6.07, 6.45) is 2.33. The summed E-state index contributed by atoms with van der Waals surface area (Å²) in [6, 6.07) is 14.8. The molecule has 3 aromatic rings. The average Bonchev–Trinajstić information content (AvgIpc) is 3.29. The van der Waals surface area contributed by atoms with Crippen LogP contribution >= 0.6 is 11.6 Å². The van der Waals surface area contributed by atoms with E-state index in [9.17, 15) is 14.9 Å². The highest BCUT2D eigenvalue weighted by Gasteiger charge is 2.21. The van der Waals surface area contributed by atoms with E-state index in [0.717, 1.165) is 37.3 Å². The zero-order valence-electron chi connectivity index (χ0n) is 15.9. The third-order valence-corrected chi connectivity index (χ3v) is 5.13. The molecule has 0 radical (unpaired) electrons. The second-order valence-corrected chi connectivity index (χ2v) is 7.36. The lowest BCUT2D eigenvalue weighted by Gasteiger charge is -2.15. The van der Waals surface area contributed by atoms with Gasteiger partial charge in [0, 0.05) is 35.4 Å². The molecule has 1 amide bonds. The summed E-state index contributed by atoms with van der Waals surface area (Å²) in [5.41, 5.74) is 1.51. The fourth-order valence-electron chi connectivity index (χ4n) is 3.40. The molecule has 0 atom stereocenters. The molecule has 1 aliphatic heterocycles. The van der Waals surface area contributed by atoms with Crippen molar-refractivity contribution in [3.8, 4) is 11.3 Å². The Hall–Kier alpha value is -3.52. The lowest BCUT2D eigenvalue weighted by atomic mass is 10.1. The highest BCUT2D eigenvalue weighted by Crippen LogP contribution is 2.26. The zero-order valence-corrected chi connectivity index (χ0v) is 16.7. The first kappa shape index (κ1) is 19.8. The van der Waals surface area contributed by atoms with Gasteiger partial charge in [0.25, 0.3) is 11.6 Å². The Labute approximate surface area is 177 Å². The average molecular weight is 424 g/mol. The first-order chi connectivity index (χ1) is 14.5. The van der Waals surface area contributed by atoms with Crippen molar-refractivity contribution in [3.05, 3.63) is 75.3 Å². The number of anilines is 2. The van der Waals surface area contributed by atoms with Crippen LogP contribution in [0.1, 0.15) is 23.2 Å². The minimum Gasteiger partial charge on any atom is -0.355 e. The fraction of sp³-hybridized carbons (Fsp3) is 0.190. The van der Waals surface area contributed by atoms with Crippen LogP contribution in [0.25, 0.3) is 11.3 Å². The molecule has 4 rings (SSSR count). The van der Waals surface area contributed by atoms with Gasteiger partial charge in [-0.3, -0.25) is 14.9 Å². The molecule has 0 bridgehead atoms. The number of nitrogens with one attached hydrogen (secondary N) is 1. The number of benzene rings is 2. The number of carbonyl (C=O) groups excluding carboxylic acids is 1. The molecule has 152 valence electrons. The van der Waals surface area contributed by atoms with Gasteiger partial charge in [-0.15, -0.1) is 10.2 Å². The van der Waals surface area contributed by atoms with E-state index in [1.165, 1.54) is 18.2 Å². The van der Waals surface area contributed by atoms with Crippen LogP contribution in [0.5, 0.6) is 0 Å². The van der Waals surface area contributed by atoms with E-state index in [4.69, 9.17) is 11.6 Å². The van der Waals surface area contributed by atoms with Crippen LogP contribution in [0.15, 0.2) is 54.6 Å². The molecule has 2 aromatic carbocycles. The Balaban J connectivity index is 1.55. The number of nitro groups is 1. The highest BCUT2D eigenvalue weighted by molar-refractivity contribution is 6.31. The highest BCUT2D eigenvalue weighted by atomic mass is 35.5. The van der Waals surface area contributed by atoms with Crippen LogP contribution in [0.4, 0.5) is 17.2 Å². The minimum atomic E-state index is -0.614. The van der Waals surface area contributed by atoms with Gasteiger partial charge >= 0.3 is 0 Å². The Bertz CT molecular complexity index is 1100. The topological polar surface area (TPSA) is 101 Å². The predicted molar refractivity (Wildman–Crippen MR) is 115 cm³/mol. The van der Waals surface area contributed by atoms with E-state index >= 15 is 0 Å². The molecule has 1 aliphatic rings. The molecule has 1 aromatic heterocycles. The molecule has 9 heteroatoms. The lowest BCUT2D eigenvalue weighted by Crippen LogP contribution is -2.19. The molecular formula is C21H18ClN5O3. The number of nitrogens with zero attached hydrogens (tertiary/aromatic N) is 4. The molecule has 1 saturated heterocycles. The van der Waals surface area contributed by atoms with Gasteiger partial charge in [0.05, 0.1) is 10.6 Å². The number of rotatable bonds is 5. The van der Waals surface area contributed by atoms with Gasteiger partial charge in [0.2, 0.25) is 0 Å². The second kappa shape index (κ2) is 8.46. The van der Waals surface area contributed by atoms with Crippen molar-refractivity contribution in [2.75, 3.05) is 23.3 Å². The Morgan fingerprint density at radius 2 is 1.87 bits per heavy atom. The van der Waals surface area contributed by atoms with Gasteiger partial charge in [0.15, 0.2) is 5.82 Å². The van der Waals surface area contributed by atoms with Crippen LogP contribution in [-0.4, -0.2) is 34.1 Å². The molecule has 0 spiro atoms. The molecule has 2 heterocycles. The van der Waals surface area contributed by atoms with Crippen LogP contribution in [-0.2, 0) is 0 Å². The monoisotopic (exact) mass is 423 g/mol. The summed E-state index contributed by atoms with van der Waals surface area (Å²) in [5.74, 6) is 0.241. The number of amides is 1. The normalized spacial score (nSPS) is 13.3. The largest absolute Gasteiger partial charge is 0.355 e. The lowest BCUT2D eigenvalue weighted by molar-refractivity contribution is -0.385. The van der Waals surface area contributed by atoms with Gasteiger partial charge in [0.1, 0.15) is 5.56 Å². The second-order valence-electron chi connectivity index (χ2n) is 6.92. The minimum absolute atomic E-state index is 0.104. The molecule has 0 aliphatic carbocycles. The van der Waals surface area contributed by atoms with Gasteiger partial charge in [-0.25, -0.2) is 0 Å². The van der Waals surface area contributed by atoms with E-state index in [0.29, 0.717) is 11.4 Å². The molecule has 0 unspecified atom stereocenters. The summed E-state index contributed by atoms with van der Waals surface area (Å²) in [7, 11) is 0. The van der Waals surface area contributed by atoms with Crippen LogP contribution < -0.4 is 10.2 Å². The first-order valence-electron chi connectivity index (χ1n) is 9.46. The van der Waals surface area contributed by atoms with Crippen molar-refractivity contribution in [1.29, 1.82) is 0 Å². The number of carbonyl (C=O) groups is 1. The maximum atomic E-state index is 12.6. The van der Waals surface area contributed by atoms with E-state index < -0.39 is 10.8 Å². The van der Waals surface area contributed by atoms with Crippen molar-refractivity contribution >= 4 is 34.7 Å². The first-order valence-corrected chi connectivity index (χ1v) is 9.83. The Morgan fingerprint density at radius 3 is 2.57 bits per heavy atom. The third kappa shape index (κ3) is 4.23. The summed E-state index contributed by atoms with van der Waals surface area (Å²) in [5, 5.41) is 22.8. The maximum absolute atomic E-state index is 12.6. The summed E-state index contributed by atoms with van der Waals surface area (Å²) in [6.45, 7) is 1.98. The van der Waals surface area contributed by atoms with Crippen molar-refractivity contribution < 1.29 is 9.72 Å². The van der Waals surface area contributed by atoms with Crippen LogP contribution in [0.2, 0.25) is 5.02 Å². The number of halogens is 1. The molecule has 0 saturated carbocycles. The van der Waals surface area contributed by atoms with Gasteiger partial charge in [-0.1, -0.05) is 23.7 Å². The quantitative estimate of drug-likeness (QED) is 0.477. The van der Waals surface area contributed by atoms with Crippen molar-refractivity contribution in [2.45, 2.75) is 12.8 Å². The molecule has 1 fully saturated rings. The summed E-state index contributed by atoms with van der Waals surface area (Å²) < 4.78 is 0. The van der Waals surface area contributed by atoms with Gasteiger partial charge in [-0.05, 0) is 49.2 Å². The third-order valence-electron chi connectivity index (χ3n) is 4.90. The predicted octanol–water partition coefficient (Wildman–Crippen LogP) is 4.56. The van der Waals surface area contributed by atoms with E-state index in [2.05, 4.69) is 20.4 Å². The van der Waals surface area contributed by atoms with E-state index in [-0.39, 0.29) is 16.3 Å². The SMILES string of the molecule is O=C(Nc1cccc(-c2ccc(N3CCCC3)nn2)c1)c1cc(Cl)ccc1[N+](=O)[O-]. The number of nitro benzene ring substituents is 1. The van der Waals surface area contributed by atoms with E-state index in [1.54, 1.807) is 18.2 Å².